The number of halogens is 3. The summed E-state index contributed by atoms with van der Waals surface area (Å²) in [5.41, 5.74) is 1.05. The van der Waals surface area contributed by atoms with Gasteiger partial charge in [-0.2, -0.15) is 0 Å². The average Bonchev–Trinajstić information content (AvgIpc) is 2.77. The minimum absolute atomic E-state index is 0.0279. The van der Waals surface area contributed by atoms with E-state index in [0.29, 0.717) is 22.3 Å². The molecule has 4 nitrogen and oxygen atoms in total. The molecule has 32 heavy (non-hydrogen) atoms. The summed E-state index contributed by atoms with van der Waals surface area (Å²) in [5.74, 6) is 0.149. The molecular weight excluding hydrogens is 450 g/mol. The third-order valence-corrected chi connectivity index (χ3v) is 6.57. The number of rotatable bonds is 5. The normalized spacial score (nSPS) is 19.3. The lowest BCUT2D eigenvalue weighted by Crippen LogP contribution is -2.58. The van der Waals surface area contributed by atoms with Gasteiger partial charge in [0.25, 0.3) is 5.91 Å². The molecule has 0 bridgehead atoms. The third kappa shape index (κ3) is 4.85. The number of amides is 1. The lowest BCUT2D eigenvalue weighted by atomic mass is 10.1. The standard InChI is InChI=1S/C25H25Cl2FN2O2/c1-16-13-30(17(2)12-29(16)14-18-7-9-19(28)10-8-18)24(31)15-32-25-21-6-4-3-5-20(21)22(26)11-23(25)27/h3-11,16-17H,12-15H2,1-2H3. The molecule has 2 unspecified atom stereocenters. The van der Waals surface area contributed by atoms with Gasteiger partial charge in [0, 0.05) is 42.5 Å². The Balaban J connectivity index is 1.41. The zero-order valence-electron chi connectivity index (χ0n) is 18.0. The molecule has 0 saturated carbocycles. The van der Waals surface area contributed by atoms with Crippen LogP contribution in [0.3, 0.4) is 0 Å². The molecule has 0 N–H and O–H groups in total. The van der Waals surface area contributed by atoms with Crippen LogP contribution in [-0.4, -0.2) is 47.5 Å². The Bertz CT molecular complexity index is 1120. The van der Waals surface area contributed by atoms with Crippen LogP contribution in [0.5, 0.6) is 5.75 Å². The molecule has 1 aliphatic heterocycles. The molecule has 1 amide bonds. The van der Waals surface area contributed by atoms with Crippen molar-refractivity contribution in [1.29, 1.82) is 0 Å². The number of hydrogen-bond acceptors (Lipinski definition) is 3. The van der Waals surface area contributed by atoms with E-state index in [1.807, 2.05) is 36.1 Å². The monoisotopic (exact) mass is 474 g/mol. The molecule has 1 saturated heterocycles. The molecule has 0 aromatic heterocycles. The van der Waals surface area contributed by atoms with E-state index in [1.165, 1.54) is 12.1 Å². The van der Waals surface area contributed by atoms with Gasteiger partial charge in [-0.25, -0.2) is 4.39 Å². The Morgan fingerprint density at radius 3 is 2.41 bits per heavy atom. The maximum Gasteiger partial charge on any atom is 0.260 e. The molecule has 3 aromatic carbocycles. The Labute approximate surface area is 197 Å². The smallest absolute Gasteiger partial charge is 0.260 e. The molecular formula is C25H25Cl2FN2O2. The van der Waals surface area contributed by atoms with Gasteiger partial charge in [0.2, 0.25) is 0 Å². The first kappa shape index (κ1) is 22.8. The molecule has 0 spiro atoms. The summed E-state index contributed by atoms with van der Waals surface area (Å²) in [6, 6.07) is 16.0. The first-order chi connectivity index (χ1) is 15.3. The van der Waals surface area contributed by atoms with E-state index in [4.69, 9.17) is 27.9 Å². The van der Waals surface area contributed by atoms with Gasteiger partial charge in [0.1, 0.15) is 11.6 Å². The van der Waals surface area contributed by atoms with Crippen molar-refractivity contribution in [3.63, 3.8) is 0 Å². The SMILES string of the molecule is CC1CN(C(=O)COc2c(Cl)cc(Cl)c3ccccc23)C(C)CN1Cc1ccc(F)cc1. The molecule has 3 aromatic rings. The number of ether oxygens (including phenoxy) is 1. The summed E-state index contributed by atoms with van der Waals surface area (Å²) >= 11 is 12.7. The fraction of sp³-hybridized carbons (Fsp3) is 0.320. The van der Waals surface area contributed by atoms with E-state index in [1.54, 1.807) is 18.2 Å². The van der Waals surface area contributed by atoms with E-state index in [9.17, 15) is 9.18 Å². The van der Waals surface area contributed by atoms with Gasteiger partial charge in [-0.3, -0.25) is 9.69 Å². The fourth-order valence-corrected chi connectivity index (χ4v) is 4.82. The van der Waals surface area contributed by atoms with Crippen molar-refractivity contribution in [1.82, 2.24) is 9.80 Å². The minimum Gasteiger partial charge on any atom is -0.482 e. The van der Waals surface area contributed by atoms with Gasteiger partial charge in [-0.05, 0) is 37.6 Å². The van der Waals surface area contributed by atoms with Crippen LogP contribution in [0.15, 0.2) is 54.6 Å². The maximum atomic E-state index is 13.2. The van der Waals surface area contributed by atoms with Crippen LogP contribution in [0, 0.1) is 5.82 Å². The van der Waals surface area contributed by atoms with E-state index >= 15 is 0 Å². The van der Waals surface area contributed by atoms with Gasteiger partial charge in [-0.15, -0.1) is 0 Å². The van der Waals surface area contributed by atoms with Crippen LogP contribution in [0.1, 0.15) is 19.4 Å². The highest BCUT2D eigenvalue weighted by Crippen LogP contribution is 2.38. The Kier molecular flexibility index (Phi) is 6.89. The second-order valence-corrected chi connectivity index (χ2v) is 9.12. The number of benzene rings is 3. The summed E-state index contributed by atoms with van der Waals surface area (Å²) in [6.07, 6.45) is 0. The highest BCUT2D eigenvalue weighted by Gasteiger charge is 2.32. The number of nitrogens with zero attached hydrogens (tertiary/aromatic N) is 2. The predicted octanol–water partition coefficient (Wildman–Crippen LogP) is 5.79. The number of hydrogen-bond donors (Lipinski definition) is 0. The molecule has 0 aliphatic carbocycles. The van der Waals surface area contributed by atoms with E-state index < -0.39 is 0 Å². The molecule has 4 rings (SSSR count). The number of fused-ring (bicyclic) bond motifs is 1. The van der Waals surface area contributed by atoms with Crippen LogP contribution in [0.4, 0.5) is 4.39 Å². The van der Waals surface area contributed by atoms with Crippen LogP contribution < -0.4 is 4.74 Å². The molecule has 2 atom stereocenters. The van der Waals surface area contributed by atoms with Crippen LogP contribution in [0.2, 0.25) is 10.0 Å². The average molecular weight is 475 g/mol. The first-order valence-corrected chi connectivity index (χ1v) is 11.4. The van der Waals surface area contributed by atoms with Crippen LogP contribution >= 0.6 is 23.2 Å². The molecule has 7 heteroatoms. The third-order valence-electron chi connectivity index (χ3n) is 5.97. The summed E-state index contributed by atoms with van der Waals surface area (Å²) < 4.78 is 19.1. The Morgan fingerprint density at radius 1 is 1.00 bits per heavy atom. The Morgan fingerprint density at radius 2 is 1.69 bits per heavy atom. The summed E-state index contributed by atoms with van der Waals surface area (Å²) in [4.78, 5) is 17.2. The van der Waals surface area contributed by atoms with Gasteiger partial charge in [0.15, 0.2) is 6.61 Å². The van der Waals surface area contributed by atoms with Crippen LogP contribution in [-0.2, 0) is 11.3 Å². The fourth-order valence-electron chi connectivity index (χ4n) is 4.23. The van der Waals surface area contributed by atoms with Gasteiger partial charge in [0.05, 0.1) is 10.0 Å². The quantitative estimate of drug-likeness (QED) is 0.469. The largest absolute Gasteiger partial charge is 0.482 e. The first-order valence-electron chi connectivity index (χ1n) is 10.6. The number of carbonyl (C=O) groups excluding carboxylic acids is 1. The van der Waals surface area contributed by atoms with Crippen molar-refractivity contribution in [2.24, 2.45) is 0 Å². The number of piperazine rings is 1. The van der Waals surface area contributed by atoms with Crippen molar-refractivity contribution in [3.05, 3.63) is 76.0 Å². The Hall–Kier alpha value is -2.34. The van der Waals surface area contributed by atoms with E-state index in [2.05, 4.69) is 11.8 Å². The van der Waals surface area contributed by atoms with Gasteiger partial charge >= 0.3 is 0 Å². The molecule has 1 heterocycles. The van der Waals surface area contributed by atoms with Gasteiger partial charge in [-0.1, -0.05) is 59.6 Å². The lowest BCUT2D eigenvalue weighted by molar-refractivity contribution is -0.139. The topological polar surface area (TPSA) is 32.8 Å². The van der Waals surface area contributed by atoms with Crippen LogP contribution in [0.25, 0.3) is 10.8 Å². The van der Waals surface area contributed by atoms with E-state index in [-0.39, 0.29) is 30.4 Å². The zero-order chi connectivity index (χ0) is 22.8. The molecule has 0 radical (unpaired) electrons. The number of carbonyl (C=O) groups is 1. The van der Waals surface area contributed by atoms with Crippen molar-refractivity contribution in [2.45, 2.75) is 32.5 Å². The predicted molar refractivity (Wildman–Crippen MR) is 127 cm³/mol. The van der Waals surface area contributed by atoms with Crippen molar-refractivity contribution in [2.75, 3.05) is 19.7 Å². The van der Waals surface area contributed by atoms with E-state index in [0.717, 1.165) is 29.4 Å². The lowest BCUT2D eigenvalue weighted by Gasteiger charge is -2.44. The van der Waals surface area contributed by atoms with Crippen molar-refractivity contribution >= 4 is 39.9 Å². The molecule has 168 valence electrons. The second-order valence-electron chi connectivity index (χ2n) is 8.30. The van der Waals surface area contributed by atoms with Gasteiger partial charge < -0.3 is 9.64 Å². The molecule has 1 aliphatic rings. The summed E-state index contributed by atoms with van der Waals surface area (Å²) in [7, 11) is 0. The minimum atomic E-state index is -0.237. The highest BCUT2D eigenvalue weighted by molar-refractivity contribution is 6.39. The summed E-state index contributed by atoms with van der Waals surface area (Å²) in [6.45, 7) is 6.08. The maximum absolute atomic E-state index is 13.2. The van der Waals surface area contributed by atoms with Crippen molar-refractivity contribution < 1.29 is 13.9 Å². The van der Waals surface area contributed by atoms with Crippen molar-refractivity contribution in [3.8, 4) is 5.75 Å². The summed E-state index contributed by atoms with van der Waals surface area (Å²) in [5, 5.41) is 2.54. The highest BCUT2D eigenvalue weighted by atomic mass is 35.5. The zero-order valence-corrected chi connectivity index (χ0v) is 19.5. The second kappa shape index (κ2) is 9.65. The molecule has 1 fully saturated rings.